The van der Waals surface area contributed by atoms with Crippen molar-refractivity contribution in [3.8, 4) is 0 Å². The fourth-order valence-corrected chi connectivity index (χ4v) is 5.76. The molecule has 1 N–H and O–H groups in total. The highest BCUT2D eigenvalue weighted by Gasteiger charge is 2.36. The first-order valence-corrected chi connectivity index (χ1v) is 15.0. The monoisotopic (exact) mass is 607 g/mol. The Hall–Kier alpha value is -2.50. The molecule has 0 radical (unpaired) electrons. The summed E-state index contributed by atoms with van der Waals surface area (Å²) in [4.78, 5) is 28.0. The molecule has 39 heavy (non-hydrogen) atoms. The van der Waals surface area contributed by atoms with Crippen molar-refractivity contribution in [2.45, 2.75) is 63.8 Å². The lowest BCUT2D eigenvalue weighted by Crippen LogP contribution is -2.53. The van der Waals surface area contributed by atoms with Crippen LogP contribution in [0.1, 0.15) is 50.2 Å². The molecule has 0 aliphatic heterocycles. The second kappa shape index (κ2) is 12.8. The number of anilines is 1. The molecule has 1 fully saturated rings. The summed E-state index contributed by atoms with van der Waals surface area (Å²) in [6, 6.07) is 8.17. The molecule has 7 nitrogen and oxygen atoms in total. The molecule has 13 heteroatoms. The second-order valence-corrected chi connectivity index (χ2v) is 12.4. The second-order valence-electron chi connectivity index (χ2n) is 9.60. The van der Waals surface area contributed by atoms with Crippen LogP contribution in [-0.2, 0) is 32.3 Å². The van der Waals surface area contributed by atoms with Gasteiger partial charge in [0.05, 0.1) is 22.5 Å². The van der Waals surface area contributed by atoms with Crippen LogP contribution in [0.5, 0.6) is 0 Å². The summed E-state index contributed by atoms with van der Waals surface area (Å²) in [7, 11) is -4.22. The smallest absolute Gasteiger partial charge is 0.352 e. The van der Waals surface area contributed by atoms with E-state index < -0.39 is 51.2 Å². The number of hydrogen-bond acceptors (Lipinski definition) is 4. The van der Waals surface area contributed by atoms with Crippen LogP contribution >= 0.6 is 23.2 Å². The van der Waals surface area contributed by atoms with Gasteiger partial charge in [0.2, 0.25) is 21.8 Å². The summed E-state index contributed by atoms with van der Waals surface area (Å²) < 4.78 is 66.2. The predicted octanol–water partition coefficient (Wildman–Crippen LogP) is 5.64. The van der Waals surface area contributed by atoms with Gasteiger partial charge >= 0.3 is 6.18 Å². The number of halogens is 5. The topological polar surface area (TPSA) is 86.8 Å². The Balaban J connectivity index is 1.93. The van der Waals surface area contributed by atoms with Crippen molar-refractivity contribution in [2.75, 3.05) is 17.1 Å². The molecule has 1 aliphatic carbocycles. The average molecular weight is 609 g/mol. The largest absolute Gasteiger partial charge is 0.417 e. The van der Waals surface area contributed by atoms with Crippen LogP contribution < -0.4 is 9.62 Å². The highest BCUT2D eigenvalue weighted by molar-refractivity contribution is 7.92. The van der Waals surface area contributed by atoms with Gasteiger partial charge in [-0.2, -0.15) is 13.2 Å². The first kappa shape index (κ1) is 31.0. The van der Waals surface area contributed by atoms with Crippen molar-refractivity contribution in [1.82, 2.24) is 10.2 Å². The molecule has 0 aromatic heterocycles. The third-order valence-electron chi connectivity index (χ3n) is 6.58. The molecule has 3 rings (SSSR count). The van der Waals surface area contributed by atoms with E-state index in [4.69, 9.17) is 23.2 Å². The maximum Gasteiger partial charge on any atom is 0.417 e. The fraction of sp³-hybridized carbons (Fsp3) is 0.462. The van der Waals surface area contributed by atoms with Crippen LogP contribution in [0.15, 0.2) is 42.5 Å². The Bertz CT molecular complexity index is 1300. The Kier molecular flexibility index (Phi) is 10.2. The van der Waals surface area contributed by atoms with Gasteiger partial charge in [0, 0.05) is 17.6 Å². The predicted molar refractivity (Wildman–Crippen MR) is 145 cm³/mol. The third kappa shape index (κ3) is 8.49. The van der Waals surface area contributed by atoms with E-state index in [0.29, 0.717) is 21.0 Å². The Morgan fingerprint density at radius 2 is 1.74 bits per heavy atom. The molecular weight excluding hydrogens is 578 g/mol. The molecule has 1 aliphatic rings. The van der Waals surface area contributed by atoms with Crippen LogP contribution in [-0.4, -0.2) is 50.0 Å². The highest BCUT2D eigenvalue weighted by atomic mass is 35.5. The number of amides is 2. The first-order valence-electron chi connectivity index (χ1n) is 12.4. The van der Waals surface area contributed by atoms with Gasteiger partial charge in [-0.25, -0.2) is 8.42 Å². The number of sulfonamides is 1. The first-order chi connectivity index (χ1) is 18.2. The van der Waals surface area contributed by atoms with E-state index in [1.54, 1.807) is 24.3 Å². The number of alkyl halides is 3. The molecule has 0 saturated heterocycles. The van der Waals surface area contributed by atoms with Gasteiger partial charge in [-0.05, 0) is 55.7 Å². The maximum atomic E-state index is 13.6. The summed E-state index contributed by atoms with van der Waals surface area (Å²) in [6.07, 6.45) is 0.627. The van der Waals surface area contributed by atoms with Crippen LogP contribution in [0.25, 0.3) is 0 Å². The third-order valence-corrected chi connectivity index (χ3v) is 8.29. The van der Waals surface area contributed by atoms with Crippen molar-refractivity contribution in [2.24, 2.45) is 0 Å². The Morgan fingerprint density at radius 3 is 2.33 bits per heavy atom. The minimum absolute atomic E-state index is 0.0285. The van der Waals surface area contributed by atoms with Gasteiger partial charge in [0.25, 0.3) is 0 Å². The summed E-state index contributed by atoms with van der Waals surface area (Å²) in [5, 5.41) is 2.76. The van der Waals surface area contributed by atoms with Crippen molar-refractivity contribution in [1.29, 1.82) is 0 Å². The van der Waals surface area contributed by atoms with Crippen molar-refractivity contribution >= 4 is 50.7 Å². The molecule has 2 amide bonds. The quantitative estimate of drug-likeness (QED) is 0.399. The zero-order valence-electron chi connectivity index (χ0n) is 21.5. The molecule has 1 atom stereocenters. The van der Waals surface area contributed by atoms with E-state index in [9.17, 15) is 31.2 Å². The molecule has 2 aromatic carbocycles. The number of nitrogens with zero attached hydrogens (tertiary/aromatic N) is 2. The van der Waals surface area contributed by atoms with E-state index >= 15 is 0 Å². The Morgan fingerprint density at radius 1 is 1.08 bits per heavy atom. The zero-order valence-corrected chi connectivity index (χ0v) is 23.8. The van der Waals surface area contributed by atoms with Gasteiger partial charge in [-0.1, -0.05) is 54.6 Å². The number of rotatable bonds is 9. The summed E-state index contributed by atoms with van der Waals surface area (Å²) in [5.41, 5.74) is -1.03. The van der Waals surface area contributed by atoms with Crippen LogP contribution in [0.3, 0.4) is 0 Å². The molecular formula is C26H30Cl2F3N3O4S. The number of benzene rings is 2. The highest BCUT2D eigenvalue weighted by Crippen LogP contribution is 2.37. The van der Waals surface area contributed by atoms with Crippen LogP contribution in [0.2, 0.25) is 10.0 Å². The van der Waals surface area contributed by atoms with Crippen LogP contribution in [0, 0.1) is 0 Å². The molecule has 214 valence electrons. The molecule has 0 heterocycles. The van der Waals surface area contributed by atoms with Gasteiger partial charge in [0.1, 0.15) is 12.6 Å². The van der Waals surface area contributed by atoms with Gasteiger partial charge < -0.3 is 10.2 Å². The molecule has 0 spiro atoms. The summed E-state index contributed by atoms with van der Waals surface area (Å²) in [5.74, 6) is -1.19. The van der Waals surface area contributed by atoms with Crippen molar-refractivity contribution < 1.29 is 31.2 Å². The SMILES string of the molecule is C[C@@H](C(=O)NC1CCCCC1)N(Cc1cccc(Cl)c1)C(=O)CN(c1ccc(Cl)c(C(F)(F)F)c1)S(C)(=O)=O. The lowest BCUT2D eigenvalue weighted by molar-refractivity contribution is -0.139. The average Bonchev–Trinajstić information content (AvgIpc) is 2.85. The van der Waals surface area contributed by atoms with E-state index in [1.807, 2.05) is 0 Å². The number of carbonyl (C=O) groups excluding carboxylic acids is 2. The normalized spacial score (nSPS) is 15.5. The standard InChI is InChI=1S/C26H30Cl2F3N3O4S/c1-17(25(36)32-20-9-4-3-5-10-20)33(15-18-7-6-8-19(27)13-18)24(35)16-34(39(2,37)38)21-11-12-23(28)22(14-21)26(29,30)31/h6-8,11-14,17,20H,3-5,9-10,15-16H2,1-2H3,(H,32,36)/t17-/m0/s1. The molecule has 0 unspecified atom stereocenters. The molecule has 2 aromatic rings. The van der Waals surface area contributed by atoms with E-state index in [0.717, 1.165) is 50.5 Å². The minimum Gasteiger partial charge on any atom is -0.352 e. The van der Waals surface area contributed by atoms with Gasteiger partial charge in [-0.15, -0.1) is 0 Å². The van der Waals surface area contributed by atoms with Gasteiger partial charge in [-0.3, -0.25) is 13.9 Å². The zero-order chi connectivity index (χ0) is 29.0. The van der Waals surface area contributed by atoms with E-state index in [-0.39, 0.29) is 18.3 Å². The fourth-order valence-electron chi connectivity index (χ4n) is 4.48. The Labute approximate surface area is 236 Å². The molecule has 1 saturated carbocycles. The van der Waals surface area contributed by atoms with E-state index in [1.165, 1.54) is 11.8 Å². The van der Waals surface area contributed by atoms with E-state index in [2.05, 4.69) is 5.32 Å². The minimum atomic E-state index is -4.84. The number of hydrogen-bond donors (Lipinski definition) is 1. The number of carbonyl (C=O) groups is 2. The van der Waals surface area contributed by atoms with Crippen molar-refractivity contribution in [3.05, 3.63) is 63.6 Å². The van der Waals surface area contributed by atoms with Gasteiger partial charge in [0.15, 0.2) is 0 Å². The summed E-state index contributed by atoms with van der Waals surface area (Å²) >= 11 is 11.8. The molecule has 0 bridgehead atoms. The lowest BCUT2D eigenvalue weighted by Gasteiger charge is -2.33. The number of nitrogens with one attached hydrogen (secondary N) is 1. The van der Waals surface area contributed by atoms with Crippen LogP contribution in [0.4, 0.5) is 18.9 Å². The summed E-state index contributed by atoms with van der Waals surface area (Å²) in [6.45, 7) is 0.611. The van der Waals surface area contributed by atoms with Crippen molar-refractivity contribution in [3.63, 3.8) is 0 Å². The maximum absolute atomic E-state index is 13.6. The lowest BCUT2D eigenvalue weighted by atomic mass is 9.95.